The third-order valence-corrected chi connectivity index (χ3v) is 8.34. The zero-order chi connectivity index (χ0) is 29.3. The summed E-state index contributed by atoms with van der Waals surface area (Å²) < 4.78 is 17.3. The van der Waals surface area contributed by atoms with E-state index in [1.165, 1.54) is 0 Å². The molecule has 0 saturated carbocycles. The van der Waals surface area contributed by atoms with E-state index in [0.717, 1.165) is 39.9 Å². The normalized spacial score (nSPS) is 17.1. The minimum absolute atomic E-state index is 0.0943. The first-order chi connectivity index (χ1) is 19.6. The van der Waals surface area contributed by atoms with Crippen molar-refractivity contribution < 1.29 is 23.8 Å². The number of fused-ring (bicyclic) bond motifs is 1. The number of ether oxygens (including phenoxy) is 3. The van der Waals surface area contributed by atoms with Crippen LogP contribution >= 0.6 is 11.8 Å². The summed E-state index contributed by atoms with van der Waals surface area (Å²) in [5, 5.41) is 3.96. The van der Waals surface area contributed by atoms with Gasteiger partial charge in [0.25, 0.3) is 0 Å². The number of carbonyl (C=O) groups excluding carboxylic acids is 2. The van der Waals surface area contributed by atoms with Crippen molar-refractivity contribution in [3.05, 3.63) is 88.1 Å². The summed E-state index contributed by atoms with van der Waals surface area (Å²) in [6, 6.07) is 12.7. The monoisotopic (exact) mass is 570 g/mol. The molecular weight excluding hydrogens is 536 g/mol. The molecule has 7 nitrogen and oxygen atoms in total. The zero-order valence-electron chi connectivity index (χ0n) is 24.2. The summed E-state index contributed by atoms with van der Waals surface area (Å²) in [6.07, 6.45) is 6.62. The Bertz CT molecular complexity index is 1590. The van der Waals surface area contributed by atoms with Crippen LogP contribution in [-0.2, 0) is 16.1 Å². The van der Waals surface area contributed by atoms with Crippen molar-refractivity contribution in [3.8, 4) is 22.6 Å². The third kappa shape index (κ3) is 6.03. The summed E-state index contributed by atoms with van der Waals surface area (Å²) in [4.78, 5) is 30.6. The van der Waals surface area contributed by atoms with Gasteiger partial charge in [-0.05, 0) is 75.6 Å². The molecule has 3 heterocycles. The van der Waals surface area contributed by atoms with Gasteiger partial charge in [-0.25, -0.2) is 9.59 Å². The predicted octanol–water partition coefficient (Wildman–Crippen LogP) is 7.34. The highest BCUT2D eigenvalue weighted by atomic mass is 32.2. The van der Waals surface area contributed by atoms with Gasteiger partial charge in [-0.15, -0.1) is 11.8 Å². The van der Waals surface area contributed by atoms with Crippen LogP contribution in [0, 0.1) is 6.92 Å². The van der Waals surface area contributed by atoms with Crippen LogP contribution in [0.15, 0.2) is 65.7 Å². The van der Waals surface area contributed by atoms with Crippen molar-refractivity contribution in [2.75, 3.05) is 12.4 Å². The molecule has 0 radical (unpaired) electrons. The second-order valence-corrected chi connectivity index (χ2v) is 12.4. The molecule has 3 aromatic rings. The van der Waals surface area contributed by atoms with E-state index in [2.05, 4.69) is 44.1 Å². The number of carbonyl (C=O) groups is 2. The van der Waals surface area contributed by atoms with Crippen molar-refractivity contribution >= 4 is 35.0 Å². The Balaban J connectivity index is 1.52. The zero-order valence-corrected chi connectivity index (χ0v) is 25.0. The quantitative estimate of drug-likeness (QED) is 0.233. The summed E-state index contributed by atoms with van der Waals surface area (Å²) in [7, 11) is 1.58. The molecule has 0 amide bonds. The molecular formula is C33H34N2O5S. The number of thioether (sulfide) groups is 1. The van der Waals surface area contributed by atoms with Crippen LogP contribution in [0.3, 0.4) is 0 Å². The minimum atomic E-state index is -0.491. The molecule has 2 aliphatic heterocycles. The molecule has 8 heteroatoms. The Labute approximate surface area is 245 Å². The van der Waals surface area contributed by atoms with Crippen LogP contribution in [0.4, 0.5) is 5.69 Å². The number of nitrogens with zero attached hydrogens (tertiary/aromatic N) is 1. The number of hydrogen-bond acceptors (Lipinski definition) is 8. The maximum atomic E-state index is 13.0. The summed E-state index contributed by atoms with van der Waals surface area (Å²) in [5.41, 5.74) is 6.38. The molecule has 0 spiro atoms. The Morgan fingerprint density at radius 3 is 2.59 bits per heavy atom. The number of allylic oxidation sites excluding steroid dienone is 2. The number of pyridine rings is 1. The molecule has 212 valence electrons. The predicted molar refractivity (Wildman–Crippen MR) is 163 cm³/mol. The van der Waals surface area contributed by atoms with Gasteiger partial charge >= 0.3 is 11.9 Å². The molecule has 2 aliphatic rings. The maximum Gasteiger partial charge on any atom is 0.345 e. The first kappa shape index (κ1) is 28.5. The first-order valence-corrected chi connectivity index (χ1v) is 14.4. The molecule has 1 aromatic heterocycles. The molecule has 0 fully saturated rings. The van der Waals surface area contributed by atoms with Crippen LogP contribution in [0.25, 0.3) is 16.7 Å². The average molecular weight is 571 g/mol. The highest BCUT2D eigenvalue weighted by molar-refractivity contribution is 8.04. The maximum absolute atomic E-state index is 13.0. The number of hydrogen-bond donors (Lipinski definition) is 1. The van der Waals surface area contributed by atoms with E-state index in [0.29, 0.717) is 32.9 Å². The van der Waals surface area contributed by atoms with Crippen molar-refractivity contribution in [2.45, 2.75) is 58.4 Å². The number of aromatic nitrogens is 1. The second kappa shape index (κ2) is 11.4. The Morgan fingerprint density at radius 2 is 1.88 bits per heavy atom. The topological polar surface area (TPSA) is 86.8 Å². The minimum Gasteiger partial charge on any atom is -0.496 e. The van der Waals surface area contributed by atoms with E-state index in [1.54, 1.807) is 56.3 Å². The van der Waals surface area contributed by atoms with Crippen LogP contribution in [-0.4, -0.2) is 34.8 Å². The fraction of sp³-hybridized carbons (Fsp3) is 0.303. The molecule has 1 atom stereocenters. The van der Waals surface area contributed by atoms with E-state index in [1.807, 2.05) is 24.3 Å². The van der Waals surface area contributed by atoms with E-state index >= 15 is 0 Å². The van der Waals surface area contributed by atoms with E-state index in [9.17, 15) is 9.59 Å². The molecule has 41 heavy (non-hydrogen) atoms. The van der Waals surface area contributed by atoms with Crippen LogP contribution in [0.2, 0.25) is 0 Å². The number of esters is 2. The second-order valence-electron chi connectivity index (χ2n) is 10.9. The first-order valence-electron chi connectivity index (χ1n) is 13.6. The fourth-order valence-corrected chi connectivity index (χ4v) is 6.32. The Morgan fingerprint density at radius 1 is 1.10 bits per heavy atom. The number of benzene rings is 2. The van der Waals surface area contributed by atoms with Crippen LogP contribution in [0.1, 0.15) is 61.3 Å². The smallest absolute Gasteiger partial charge is 0.345 e. The lowest BCUT2D eigenvalue weighted by Crippen LogP contribution is -2.32. The van der Waals surface area contributed by atoms with Gasteiger partial charge in [0.2, 0.25) is 0 Å². The van der Waals surface area contributed by atoms with Gasteiger partial charge in [0, 0.05) is 39.9 Å². The molecule has 1 N–H and O–H groups in total. The Kier molecular flexibility index (Phi) is 7.95. The average Bonchev–Trinajstić information content (AvgIpc) is 3.37. The SMILES string of the molecule is COc1cc(OC(=O)c2cccnc2C)ccc1-c1ccc2c(c1COC(=O)C1=CCC(C)S1)C(C)=CC(C)(C)N2. The lowest BCUT2D eigenvalue weighted by atomic mass is 9.85. The molecule has 0 saturated heterocycles. The number of aryl methyl sites for hydroxylation is 1. The van der Waals surface area contributed by atoms with E-state index < -0.39 is 5.97 Å². The lowest BCUT2D eigenvalue weighted by Gasteiger charge is -2.33. The summed E-state index contributed by atoms with van der Waals surface area (Å²) in [6.45, 7) is 10.3. The number of methoxy groups -OCH3 is 1. The fourth-order valence-electron chi connectivity index (χ4n) is 5.35. The van der Waals surface area contributed by atoms with Gasteiger partial charge in [0.1, 0.15) is 18.1 Å². The van der Waals surface area contributed by atoms with Crippen molar-refractivity contribution in [1.29, 1.82) is 0 Å². The van der Waals surface area contributed by atoms with Gasteiger partial charge < -0.3 is 19.5 Å². The van der Waals surface area contributed by atoms with Gasteiger partial charge in [-0.1, -0.05) is 25.1 Å². The van der Waals surface area contributed by atoms with Gasteiger partial charge in [0.05, 0.1) is 28.8 Å². The van der Waals surface area contributed by atoms with Gasteiger partial charge in [0.15, 0.2) is 0 Å². The Hall–Kier alpha value is -4.04. The summed E-state index contributed by atoms with van der Waals surface area (Å²) in [5.74, 6) is 0.0751. The van der Waals surface area contributed by atoms with E-state index in [-0.39, 0.29) is 18.1 Å². The molecule has 2 aromatic carbocycles. The summed E-state index contributed by atoms with van der Waals surface area (Å²) >= 11 is 1.55. The molecule has 1 unspecified atom stereocenters. The molecule has 0 aliphatic carbocycles. The molecule has 5 rings (SSSR count). The van der Waals surface area contributed by atoms with Gasteiger partial charge in [-0.2, -0.15) is 0 Å². The highest BCUT2D eigenvalue weighted by Gasteiger charge is 2.28. The van der Waals surface area contributed by atoms with Crippen molar-refractivity contribution in [2.24, 2.45) is 0 Å². The van der Waals surface area contributed by atoms with E-state index in [4.69, 9.17) is 14.2 Å². The van der Waals surface area contributed by atoms with Crippen molar-refractivity contribution in [1.82, 2.24) is 4.98 Å². The number of nitrogens with one attached hydrogen (secondary N) is 1. The third-order valence-electron chi connectivity index (χ3n) is 7.15. The van der Waals surface area contributed by atoms with Crippen LogP contribution < -0.4 is 14.8 Å². The largest absolute Gasteiger partial charge is 0.496 e. The lowest BCUT2D eigenvalue weighted by molar-refractivity contribution is -0.139. The van der Waals surface area contributed by atoms with Crippen molar-refractivity contribution in [3.63, 3.8) is 0 Å². The highest BCUT2D eigenvalue weighted by Crippen LogP contribution is 2.44. The standard InChI is InChI=1S/C33H34N2O5S/c1-19-17-33(4,5)35-27-13-12-24(26(30(19)27)18-39-32(37)29-14-9-20(2)41-29)25-11-10-22(16-28(25)38-6)40-31(36)23-8-7-15-34-21(23)3/h7-8,10-17,20,35H,9,18H2,1-6H3. The molecule has 0 bridgehead atoms. The van der Waals surface area contributed by atoms with Gasteiger partial charge in [-0.3, -0.25) is 4.98 Å². The number of rotatable bonds is 7. The number of anilines is 1. The van der Waals surface area contributed by atoms with Crippen LogP contribution in [0.5, 0.6) is 11.5 Å².